The van der Waals surface area contributed by atoms with Gasteiger partial charge in [0.05, 0.1) is 15.7 Å². The monoisotopic (exact) mass is 437 g/mol. The van der Waals surface area contributed by atoms with Crippen LogP contribution in [-0.4, -0.2) is 39.3 Å². The third-order valence-corrected chi connectivity index (χ3v) is 5.89. The number of aryl methyl sites for hydroxylation is 1. The predicted molar refractivity (Wildman–Crippen MR) is 114 cm³/mol. The maximum atomic E-state index is 12.6. The summed E-state index contributed by atoms with van der Waals surface area (Å²) in [5, 5.41) is 12.3. The molecule has 2 aromatic carbocycles. The van der Waals surface area contributed by atoms with Gasteiger partial charge in [0.25, 0.3) is 0 Å². The van der Waals surface area contributed by atoms with Gasteiger partial charge in [0.2, 0.25) is 11.8 Å². The second-order valence-electron chi connectivity index (χ2n) is 6.27. The number of phenols is 1. The molecule has 1 fully saturated rings. The fraction of sp³-hybridized carbons (Fsp3) is 0.211. The van der Waals surface area contributed by atoms with E-state index < -0.39 is 5.25 Å². The highest BCUT2D eigenvalue weighted by molar-refractivity contribution is 8.15. The molecule has 146 valence electrons. The van der Waals surface area contributed by atoms with Gasteiger partial charge in [-0.25, -0.2) is 4.99 Å². The van der Waals surface area contributed by atoms with E-state index in [0.717, 1.165) is 5.56 Å². The maximum Gasteiger partial charge on any atom is 0.238 e. The van der Waals surface area contributed by atoms with Crippen LogP contribution in [0, 0.1) is 6.92 Å². The van der Waals surface area contributed by atoms with E-state index in [-0.39, 0.29) is 34.0 Å². The van der Waals surface area contributed by atoms with Crippen molar-refractivity contribution in [2.24, 2.45) is 4.99 Å². The molecule has 3 rings (SSSR count). The van der Waals surface area contributed by atoms with Crippen LogP contribution in [0.5, 0.6) is 5.75 Å². The lowest BCUT2D eigenvalue weighted by Gasteiger charge is -2.28. The van der Waals surface area contributed by atoms with Crippen molar-refractivity contribution in [3.05, 3.63) is 52.0 Å². The number of benzene rings is 2. The normalized spacial score (nSPS) is 18.4. The summed E-state index contributed by atoms with van der Waals surface area (Å²) in [4.78, 5) is 30.8. The van der Waals surface area contributed by atoms with Gasteiger partial charge in [-0.2, -0.15) is 0 Å². The first-order chi connectivity index (χ1) is 13.2. The Labute approximate surface area is 176 Å². The standard InChI is InChI=1S/C19H17Cl2N3O3S/c1-10-4-3-5-11(6-10)22-18(27)15-9-16(25)24(2)19(28-15)23-12-7-13(20)17(26)14(21)8-12/h3-8,15,26H,9H2,1-2H3,(H,22,27). The number of aromatic hydroxyl groups is 1. The highest BCUT2D eigenvalue weighted by Gasteiger charge is 2.34. The average molecular weight is 438 g/mol. The summed E-state index contributed by atoms with van der Waals surface area (Å²) in [7, 11) is 1.59. The molecule has 0 aliphatic carbocycles. The smallest absolute Gasteiger partial charge is 0.238 e. The molecule has 0 saturated carbocycles. The van der Waals surface area contributed by atoms with Crippen molar-refractivity contribution in [3.63, 3.8) is 0 Å². The molecule has 1 aliphatic rings. The zero-order chi connectivity index (χ0) is 20.4. The van der Waals surface area contributed by atoms with Crippen molar-refractivity contribution in [2.45, 2.75) is 18.6 Å². The molecule has 2 aromatic rings. The zero-order valence-corrected chi connectivity index (χ0v) is 17.4. The SMILES string of the molecule is Cc1cccc(NC(=O)C2CC(=O)N(C)C(=Nc3cc(Cl)c(O)c(Cl)c3)S2)c1. The topological polar surface area (TPSA) is 82.0 Å². The maximum absolute atomic E-state index is 12.6. The summed E-state index contributed by atoms with van der Waals surface area (Å²) in [6.45, 7) is 1.93. The quantitative estimate of drug-likeness (QED) is 0.734. The Kier molecular flexibility index (Phi) is 6.17. The molecule has 2 amide bonds. The van der Waals surface area contributed by atoms with Gasteiger partial charge in [-0.3, -0.25) is 14.5 Å². The summed E-state index contributed by atoms with van der Waals surface area (Å²) in [5.41, 5.74) is 2.07. The molecular formula is C19H17Cl2N3O3S. The largest absolute Gasteiger partial charge is 0.505 e. The second-order valence-corrected chi connectivity index (χ2v) is 8.26. The number of carbonyl (C=O) groups excluding carboxylic acids is 2. The Morgan fingerprint density at radius 2 is 1.96 bits per heavy atom. The third kappa shape index (κ3) is 4.60. The van der Waals surface area contributed by atoms with Crippen LogP contribution in [0.2, 0.25) is 10.0 Å². The fourth-order valence-corrected chi connectivity index (χ4v) is 4.11. The number of nitrogens with one attached hydrogen (secondary N) is 1. The molecule has 1 atom stereocenters. The van der Waals surface area contributed by atoms with Crippen LogP contribution in [0.1, 0.15) is 12.0 Å². The molecule has 28 heavy (non-hydrogen) atoms. The van der Waals surface area contributed by atoms with Gasteiger partial charge in [0.1, 0.15) is 5.25 Å². The predicted octanol–water partition coefficient (Wildman–Crippen LogP) is 4.60. The van der Waals surface area contributed by atoms with Crippen molar-refractivity contribution >= 4 is 63.3 Å². The lowest BCUT2D eigenvalue weighted by atomic mass is 10.2. The summed E-state index contributed by atoms with van der Waals surface area (Å²) < 4.78 is 0. The first-order valence-corrected chi connectivity index (χ1v) is 9.95. The molecule has 1 unspecified atom stereocenters. The minimum Gasteiger partial charge on any atom is -0.505 e. The van der Waals surface area contributed by atoms with Crippen LogP contribution in [0.15, 0.2) is 41.4 Å². The molecule has 0 radical (unpaired) electrons. The number of hydrogen-bond acceptors (Lipinski definition) is 5. The number of amides is 2. The number of aliphatic imine (C=N–C) groups is 1. The zero-order valence-electron chi connectivity index (χ0n) is 15.1. The average Bonchev–Trinajstić information content (AvgIpc) is 2.63. The van der Waals surface area contributed by atoms with E-state index in [4.69, 9.17) is 23.2 Å². The van der Waals surface area contributed by atoms with Crippen LogP contribution in [0.4, 0.5) is 11.4 Å². The summed E-state index contributed by atoms with van der Waals surface area (Å²) in [6.07, 6.45) is 0.0644. The summed E-state index contributed by atoms with van der Waals surface area (Å²) in [6, 6.07) is 10.3. The molecular weight excluding hydrogens is 421 g/mol. The lowest BCUT2D eigenvalue weighted by molar-refractivity contribution is -0.128. The van der Waals surface area contributed by atoms with Gasteiger partial charge in [-0.15, -0.1) is 0 Å². The number of anilines is 1. The van der Waals surface area contributed by atoms with Crippen LogP contribution in [0.3, 0.4) is 0 Å². The van der Waals surface area contributed by atoms with E-state index in [0.29, 0.717) is 16.5 Å². The number of halogens is 2. The number of amidine groups is 1. The van der Waals surface area contributed by atoms with Crippen LogP contribution in [0.25, 0.3) is 0 Å². The Balaban J connectivity index is 1.83. The second kappa shape index (κ2) is 8.43. The van der Waals surface area contributed by atoms with Crippen molar-refractivity contribution < 1.29 is 14.7 Å². The molecule has 0 aromatic heterocycles. The third-order valence-electron chi connectivity index (χ3n) is 4.07. The van der Waals surface area contributed by atoms with Gasteiger partial charge in [-0.1, -0.05) is 47.1 Å². The van der Waals surface area contributed by atoms with E-state index in [1.54, 1.807) is 13.1 Å². The van der Waals surface area contributed by atoms with Crippen LogP contribution in [-0.2, 0) is 9.59 Å². The van der Waals surface area contributed by atoms with Gasteiger partial charge >= 0.3 is 0 Å². The van der Waals surface area contributed by atoms with Crippen molar-refractivity contribution in [1.82, 2.24) is 4.90 Å². The molecule has 1 saturated heterocycles. The molecule has 1 heterocycles. The van der Waals surface area contributed by atoms with E-state index >= 15 is 0 Å². The van der Waals surface area contributed by atoms with E-state index in [1.165, 1.54) is 28.8 Å². The number of phenolic OH excluding ortho intramolecular Hbond substituents is 1. The van der Waals surface area contributed by atoms with Gasteiger partial charge in [-0.05, 0) is 36.8 Å². The van der Waals surface area contributed by atoms with Crippen molar-refractivity contribution in [2.75, 3.05) is 12.4 Å². The molecule has 2 N–H and O–H groups in total. The minimum absolute atomic E-state index is 0.0513. The van der Waals surface area contributed by atoms with Crippen molar-refractivity contribution in [3.8, 4) is 5.75 Å². The molecule has 9 heteroatoms. The molecule has 0 bridgehead atoms. The number of nitrogens with zero attached hydrogens (tertiary/aromatic N) is 2. The van der Waals surface area contributed by atoms with Gasteiger partial charge in [0.15, 0.2) is 10.9 Å². The lowest BCUT2D eigenvalue weighted by Crippen LogP contribution is -2.43. The Morgan fingerprint density at radius 1 is 1.29 bits per heavy atom. The molecule has 1 aliphatic heterocycles. The van der Waals surface area contributed by atoms with Gasteiger partial charge in [0, 0.05) is 19.2 Å². The van der Waals surface area contributed by atoms with E-state index in [9.17, 15) is 14.7 Å². The Hall–Kier alpha value is -2.22. The first kappa shape index (κ1) is 20.5. The molecule has 0 spiro atoms. The van der Waals surface area contributed by atoms with Crippen LogP contribution < -0.4 is 5.32 Å². The van der Waals surface area contributed by atoms with Crippen LogP contribution >= 0.6 is 35.0 Å². The van der Waals surface area contributed by atoms with Crippen molar-refractivity contribution in [1.29, 1.82) is 0 Å². The summed E-state index contributed by atoms with van der Waals surface area (Å²) in [5.74, 6) is -0.729. The van der Waals surface area contributed by atoms with E-state index in [2.05, 4.69) is 10.3 Å². The number of rotatable bonds is 3. The molecule has 6 nitrogen and oxygen atoms in total. The Morgan fingerprint density at radius 3 is 2.61 bits per heavy atom. The fourth-order valence-electron chi connectivity index (χ4n) is 2.57. The number of hydrogen-bond donors (Lipinski definition) is 2. The van der Waals surface area contributed by atoms with E-state index in [1.807, 2.05) is 25.1 Å². The van der Waals surface area contributed by atoms with Gasteiger partial charge < -0.3 is 10.4 Å². The minimum atomic E-state index is -0.619. The highest BCUT2D eigenvalue weighted by atomic mass is 35.5. The Bertz CT molecular complexity index is 958. The number of carbonyl (C=O) groups is 2. The number of thioether (sulfide) groups is 1. The highest BCUT2D eigenvalue weighted by Crippen LogP contribution is 2.37. The summed E-state index contributed by atoms with van der Waals surface area (Å²) >= 11 is 13.0. The first-order valence-electron chi connectivity index (χ1n) is 8.32.